The normalized spacial score (nSPS) is 22.0. The van der Waals surface area contributed by atoms with Gasteiger partial charge in [-0.3, -0.25) is 4.79 Å². The maximum atomic E-state index is 12.5. The van der Waals surface area contributed by atoms with Gasteiger partial charge >= 0.3 is 0 Å². The minimum absolute atomic E-state index is 0.0225. The highest BCUT2D eigenvalue weighted by Crippen LogP contribution is 2.22. The summed E-state index contributed by atoms with van der Waals surface area (Å²) in [5, 5.41) is 0. The molecule has 0 radical (unpaired) electrons. The molecule has 2 aliphatic rings. The summed E-state index contributed by atoms with van der Waals surface area (Å²) in [5.74, 6) is 0.526. The molecule has 0 aromatic heterocycles. The number of carbonyl (C=O) groups excluding carboxylic acids is 1. The molecule has 1 saturated heterocycles. The first-order valence-electron chi connectivity index (χ1n) is 8.51. The maximum absolute atomic E-state index is 12.5. The van der Waals surface area contributed by atoms with Gasteiger partial charge in [-0.25, -0.2) is 8.42 Å². The van der Waals surface area contributed by atoms with Gasteiger partial charge in [0.15, 0.2) is 0 Å². The quantitative estimate of drug-likeness (QED) is 0.765. The third kappa shape index (κ3) is 4.24. The molecule has 1 fully saturated rings. The highest BCUT2D eigenvalue weighted by molar-refractivity contribution is 7.88. The smallest absolute Gasteiger partial charge is 0.223 e. The number of nitrogens with zero attached hydrogens (tertiary/aromatic N) is 2. The van der Waals surface area contributed by atoms with E-state index < -0.39 is 10.0 Å². The van der Waals surface area contributed by atoms with Crippen molar-refractivity contribution in [2.45, 2.75) is 25.0 Å². The molecule has 1 atom stereocenters. The molecule has 1 aromatic carbocycles. The molecule has 0 unspecified atom stereocenters. The molecule has 5 nitrogen and oxygen atoms in total. The van der Waals surface area contributed by atoms with Gasteiger partial charge in [0.05, 0.1) is 5.75 Å². The van der Waals surface area contributed by atoms with Crippen molar-refractivity contribution in [3.05, 3.63) is 48.0 Å². The summed E-state index contributed by atoms with van der Waals surface area (Å²) in [5.41, 5.74) is 0.795. The van der Waals surface area contributed by atoms with Crippen molar-refractivity contribution in [2.24, 2.45) is 5.92 Å². The van der Waals surface area contributed by atoms with Crippen LogP contribution in [0, 0.1) is 5.92 Å². The topological polar surface area (TPSA) is 57.7 Å². The molecule has 0 saturated carbocycles. The highest BCUT2D eigenvalue weighted by atomic mass is 32.2. The third-order valence-corrected chi connectivity index (χ3v) is 6.58. The van der Waals surface area contributed by atoms with Crippen LogP contribution in [0.1, 0.15) is 24.8 Å². The van der Waals surface area contributed by atoms with Crippen LogP contribution in [-0.2, 0) is 20.6 Å². The van der Waals surface area contributed by atoms with Crippen molar-refractivity contribution < 1.29 is 13.2 Å². The number of amides is 1. The van der Waals surface area contributed by atoms with Gasteiger partial charge in [0.1, 0.15) is 0 Å². The van der Waals surface area contributed by atoms with E-state index in [1.54, 1.807) is 4.90 Å². The van der Waals surface area contributed by atoms with Crippen LogP contribution < -0.4 is 0 Å². The second-order valence-electron chi connectivity index (χ2n) is 6.49. The number of piperazine rings is 1. The fourth-order valence-corrected chi connectivity index (χ4v) is 4.83. The standard InChI is InChI=1S/C18H24N2O3S/c21-18(14-16-6-4-5-7-16)19-10-12-20(13-11-19)24(22,23)15-17-8-2-1-3-9-17/h1-4,6,8-9,16H,5,7,10-15H2/t16-/m0/s1. The van der Waals surface area contributed by atoms with Crippen molar-refractivity contribution in [3.8, 4) is 0 Å². The van der Waals surface area contributed by atoms with Crippen molar-refractivity contribution in [1.29, 1.82) is 0 Å². The Morgan fingerprint density at radius 3 is 2.42 bits per heavy atom. The third-order valence-electron chi connectivity index (χ3n) is 4.73. The molecule has 1 aliphatic carbocycles. The first kappa shape index (κ1) is 17.2. The first-order chi connectivity index (χ1) is 11.5. The van der Waals surface area contributed by atoms with E-state index in [2.05, 4.69) is 12.2 Å². The van der Waals surface area contributed by atoms with Gasteiger partial charge < -0.3 is 4.90 Å². The summed E-state index contributed by atoms with van der Waals surface area (Å²) in [6.45, 7) is 1.76. The van der Waals surface area contributed by atoms with Gasteiger partial charge in [-0.05, 0) is 24.3 Å². The fourth-order valence-electron chi connectivity index (χ4n) is 3.31. The van der Waals surface area contributed by atoms with E-state index in [0.29, 0.717) is 38.5 Å². The van der Waals surface area contributed by atoms with Crippen LogP contribution in [0.15, 0.2) is 42.5 Å². The van der Waals surface area contributed by atoms with Crippen molar-refractivity contribution in [1.82, 2.24) is 9.21 Å². The SMILES string of the molecule is O=C(C[C@H]1C=CCC1)N1CCN(S(=O)(=O)Cc2ccccc2)CC1. The number of sulfonamides is 1. The Morgan fingerprint density at radius 1 is 1.08 bits per heavy atom. The molecule has 0 bridgehead atoms. The molecule has 1 aliphatic heterocycles. The fraction of sp³-hybridized carbons (Fsp3) is 0.500. The average Bonchev–Trinajstić information content (AvgIpc) is 3.08. The van der Waals surface area contributed by atoms with Crippen molar-refractivity contribution in [3.63, 3.8) is 0 Å². The van der Waals surface area contributed by atoms with E-state index >= 15 is 0 Å². The van der Waals surface area contributed by atoms with Gasteiger partial charge in [0, 0.05) is 32.6 Å². The monoisotopic (exact) mass is 348 g/mol. The number of hydrogen-bond acceptors (Lipinski definition) is 3. The second-order valence-corrected chi connectivity index (χ2v) is 8.46. The summed E-state index contributed by atoms with van der Waals surface area (Å²) >= 11 is 0. The molecular formula is C18H24N2O3S. The van der Waals surface area contributed by atoms with E-state index in [1.165, 1.54) is 4.31 Å². The van der Waals surface area contributed by atoms with E-state index in [1.807, 2.05) is 30.3 Å². The second kappa shape index (κ2) is 7.49. The lowest BCUT2D eigenvalue weighted by Crippen LogP contribution is -2.50. The largest absolute Gasteiger partial charge is 0.340 e. The lowest BCUT2D eigenvalue weighted by molar-refractivity contribution is -0.133. The molecule has 0 N–H and O–H groups in total. The average molecular weight is 348 g/mol. The summed E-state index contributed by atoms with van der Waals surface area (Å²) in [6, 6.07) is 9.22. The van der Waals surface area contributed by atoms with Crippen LogP contribution in [-0.4, -0.2) is 49.7 Å². The molecule has 3 rings (SSSR count). The Balaban J connectivity index is 1.52. The predicted octanol–water partition coefficient (Wildman–Crippen LogP) is 2.02. The van der Waals surface area contributed by atoms with Gasteiger partial charge in [-0.2, -0.15) is 4.31 Å². The summed E-state index contributed by atoms with van der Waals surface area (Å²) in [7, 11) is -3.32. The minimum atomic E-state index is -3.32. The van der Waals surface area contributed by atoms with Crippen LogP contribution in [0.3, 0.4) is 0 Å². The van der Waals surface area contributed by atoms with Crippen LogP contribution in [0.5, 0.6) is 0 Å². The number of carbonyl (C=O) groups is 1. The molecule has 24 heavy (non-hydrogen) atoms. The molecule has 1 amide bonds. The first-order valence-corrected chi connectivity index (χ1v) is 10.1. The van der Waals surface area contributed by atoms with Crippen LogP contribution >= 0.6 is 0 Å². The van der Waals surface area contributed by atoms with Gasteiger partial charge in [-0.1, -0.05) is 42.5 Å². The predicted molar refractivity (Wildman–Crippen MR) is 93.7 cm³/mol. The Bertz CT molecular complexity index is 692. The summed E-state index contributed by atoms with van der Waals surface area (Å²) < 4.78 is 26.6. The zero-order valence-electron chi connectivity index (χ0n) is 13.8. The molecule has 1 heterocycles. The minimum Gasteiger partial charge on any atom is -0.340 e. The Kier molecular flexibility index (Phi) is 5.36. The van der Waals surface area contributed by atoms with Crippen LogP contribution in [0.25, 0.3) is 0 Å². The van der Waals surface area contributed by atoms with Gasteiger partial charge in [-0.15, -0.1) is 0 Å². The van der Waals surface area contributed by atoms with E-state index in [9.17, 15) is 13.2 Å². The Labute approximate surface area is 144 Å². The van der Waals surface area contributed by atoms with E-state index in [4.69, 9.17) is 0 Å². The number of allylic oxidation sites excluding steroid dienone is 2. The van der Waals surface area contributed by atoms with Crippen LogP contribution in [0.2, 0.25) is 0 Å². The number of hydrogen-bond donors (Lipinski definition) is 0. The van der Waals surface area contributed by atoms with E-state index in [-0.39, 0.29) is 11.7 Å². The Hall–Kier alpha value is -1.66. The zero-order valence-corrected chi connectivity index (χ0v) is 14.6. The molecule has 1 aromatic rings. The number of rotatable bonds is 5. The van der Waals surface area contributed by atoms with Crippen molar-refractivity contribution in [2.75, 3.05) is 26.2 Å². The molecule has 130 valence electrons. The highest BCUT2D eigenvalue weighted by Gasteiger charge is 2.29. The van der Waals surface area contributed by atoms with Gasteiger partial charge in [0.2, 0.25) is 15.9 Å². The van der Waals surface area contributed by atoms with Crippen LogP contribution in [0.4, 0.5) is 0 Å². The summed E-state index contributed by atoms with van der Waals surface area (Å²) in [6.07, 6.45) is 6.92. The lowest BCUT2D eigenvalue weighted by Gasteiger charge is -2.34. The zero-order chi connectivity index (χ0) is 17.0. The van der Waals surface area contributed by atoms with Gasteiger partial charge in [0.25, 0.3) is 0 Å². The maximum Gasteiger partial charge on any atom is 0.223 e. The number of benzene rings is 1. The molecule has 6 heteroatoms. The molecule has 0 spiro atoms. The lowest BCUT2D eigenvalue weighted by atomic mass is 10.0. The van der Waals surface area contributed by atoms with E-state index in [0.717, 1.165) is 18.4 Å². The summed E-state index contributed by atoms with van der Waals surface area (Å²) in [4.78, 5) is 14.1. The van der Waals surface area contributed by atoms with Crippen molar-refractivity contribution >= 4 is 15.9 Å². The Morgan fingerprint density at radius 2 is 1.79 bits per heavy atom. The molecular weight excluding hydrogens is 324 g/mol.